The average Bonchev–Trinajstić information content (AvgIpc) is 2.77. The highest BCUT2D eigenvalue weighted by atomic mass is 19.4. The molecule has 0 aromatic heterocycles. The molecule has 1 aliphatic heterocycles. The topological polar surface area (TPSA) is 65.0 Å². The van der Waals surface area contributed by atoms with Gasteiger partial charge in [0.05, 0.1) is 0 Å². The van der Waals surface area contributed by atoms with Crippen molar-refractivity contribution in [2.45, 2.75) is 18.6 Å². The van der Waals surface area contributed by atoms with Gasteiger partial charge in [0.15, 0.2) is 0 Å². The third-order valence-corrected chi connectivity index (χ3v) is 2.53. The van der Waals surface area contributed by atoms with E-state index in [1.54, 1.807) is 0 Å². The third-order valence-electron chi connectivity index (χ3n) is 2.53. The number of ketones is 1. The number of rotatable bonds is 3. The van der Waals surface area contributed by atoms with Crippen molar-refractivity contribution in [2.75, 3.05) is 0 Å². The van der Waals surface area contributed by atoms with Crippen LogP contribution in [0.5, 0.6) is 5.75 Å². The summed E-state index contributed by atoms with van der Waals surface area (Å²) < 4.78 is 80.8. The van der Waals surface area contributed by atoms with Crippen molar-refractivity contribution in [3.05, 3.63) is 29.8 Å². The van der Waals surface area contributed by atoms with E-state index in [1.807, 2.05) is 0 Å². The summed E-state index contributed by atoms with van der Waals surface area (Å²) in [7, 11) is 0. The number of ether oxygens (including phenoxy) is 2. The number of halogens is 6. The van der Waals surface area contributed by atoms with Crippen LogP contribution in [0.25, 0.3) is 0 Å². The van der Waals surface area contributed by atoms with Gasteiger partial charge in [-0.1, -0.05) is 0 Å². The van der Waals surface area contributed by atoms with Gasteiger partial charge < -0.3 is 9.47 Å². The molecule has 0 N–H and O–H groups in total. The lowest BCUT2D eigenvalue weighted by molar-refractivity contribution is -0.274. The fraction of sp³-hybridized carbons (Fsp3) is 0.250. The summed E-state index contributed by atoms with van der Waals surface area (Å²) >= 11 is 0. The molecule has 2 rings (SSSR count). The number of nitrogens with zero attached hydrogens (tertiary/aromatic N) is 1. The van der Waals surface area contributed by atoms with Crippen LogP contribution in [0.4, 0.5) is 26.3 Å². The molecular formula is C12H5F6NO4. The quantitative estimate of drug-likeness (QED) is 0.481. The Morgan fingerprint density at radius 1 is 1.09 bits per heavy atom. The number of Topliss-reactive ketones (excluding diaryl/α,β-unsaturated/α-hetero) is 1. The molecule has 1 aromatic rings. The van der Waals surface area contributed by atoms with E-state index in [9.17, 15) is 35.9 Å². The van der Waals surface area contributed by atoms with Crippen molar-refractivity contribution in [2.24, 2.45) is 4.99 Å². The second kappa shape index (κ2) is 5.56. The van der Waals surface area contributed by atoms with E-state index in [4.69, 9.17) is 0 Å². The zero-order valence-corrected chi connectivity index (χ0v) is 10.7. The molecule has 1 unspecified atom stereocenters. The predicted molar refractivity (Wildman–Crippen MR) is 60.6 cm³/mol. The molecule has 0 saturated heterocycles. The molecule has 0 saturated carbocycles. The Morgan fingerprint density at radius 2 is 1.65 bits per heavy atom. The fourth-order valence-corrected chi connectivity index (χ4v) is 1.60. The first-order valence-corrected chi connectivity index (χ1v) is 5.74. The van der Waals surface area contributed by atoms with Gasteiger partial charge in [-0.05, 0) is 24.3 Å². The minimum Gasteiger partial charge on any atom is -0.406 e. The van der Waals surface area contributed by atoms with Gasteiger partial charge in [0, 0.05) is 5.56 Å². The van der Waals surface area contributed by atoms with E-state index in [2.05, 4.69) is 14.5 Å². The smallest absolute Gasteiger partial charge is 0.406 e. The van der Waals surface area contributed by atoms with Gasteiger partial charge in [-0.3, -0.25) is 4.79 Å². The maximum Gasteiger partial charge on any atom is 0.573 e. The predicted octanol–water partition coefficient (Wildman–Crippen LogP) is 2.39. The summed E-state index contributed by atoms with van der Waals surface area (Å²) in [5, 5.41) is 0. The van der Waals surface area contributed by atoms with Crippen LogP contribution in [0.3, 0.4) is 0 Å². The first kappa shape index (κ1) is 16.8. The summed E-state index contributed by atoms with van der Waals surface area (Å²) in [6.45, 7) is 0. The second-order valence-corrected chi connectivity index (χ2v) is 4.19. The van der Waals surface area contributed by atoms with Gasteiger partial charge in [-0.15, -0.1) is 13.2 Å². The number of carbonyl (C=O) groups excluding carboxylic acids is 2. The molecule has 0 amide bonds. The molecular weight excluding hydrogens is 336 g/mol. The molecule has 1 atom stereocenters. The van der Waals surface area contributed by atoms with Crippen molar-refractivity contribution in [3.63, 3.8) is 0 Å². The van der Waals surface area contributed by atoms with Crippen LogP contribution in [0.1, 0.15) is 5.56 Å². The summed E-state index contributed by atoms with van der Waals surface area (Å²) in [6.07, 6.45) is -10.2. The minimum absolute atomic E-state index is 0.0923. The number of carbonyl (C=O) groups is 2. The summed E-state index contributed by atoms with van der Waals surface area (Å²) in [5.74, 6) is -5.10. The monoisotopic (exact) mass is 341 g/mol. The van der Waals surface area contributed by atoms with Crippen molar-refractivity contribution in [1.29, 1.82) is 0 Å². The van der Waals surface area contributed by atoms with E-state index in [0.717, 1.165) is 24.3 Å². The molecule has 1 heterocycles. The Balaban J connectivity index is 2.19. The number of esters is 1. The summed E-state index contributed by atoms with van der Waals surface area (Å²) in [6, 6.07) is 1.27. The minimum atomic E-state index is -5.27. The second-order valence-electron chi connectivity index (χ2n) is 4.19. The number of cyclic esters (lactones) is 1. The van der Waals surface area contributed by atoms with E-state index in [1.165, 1.54) is 0 Å². The molecule has 11 heteroatoms. The summed E-state index contributed by atoms with van der Waals surface area (Å²) in [5.41, 5.74) is -0.0923. The Kier molecular flexibility index (Phi) is 4.05. The van der Waals surface area contributed by atoms with E-state index >= 15 is 0 Å². The fourth-order valence-electron chi connectivity index (χ4n) is 1.60. The molecule has 23 heavy (non-hydrogen) atoms. The molecule has 5 nitrogen and oxygen atoms in total. The molecule has 1 aromatic carbocycles. The Labute approximate surface area is 123 Å². The third kappa shape index (κ3) is 3.99. The van der Waals surface area contributed by atoms with Crippen molar-refractivity contribution < 1.29 is 45.4 Å². The number of hydrogen-bond donors (Lipinski definition) is 0. The van der Waals surface area contributed by atoms with E-state index in [0.29, 0.717) is 0 Å². The largest absolute Gasteiger partial charge is 0.573 e. The van der Waals surface area contributed by atoms with Crippen LogP contribution in [0.2, 0.25) is 0 Å². The van der Waals surface area contributed by atoms with Crippen molar-refractivity contribution in [3.8, 4) is 5.75 Å². The van der Waals surface area contributed by atoms with E-state index in [-0.39, 0.29) is 5.56 Å². The first-order chi connectivity index (χ1) is 10.5. The summed E-state index contributed by atoms with van der Waals surface area (Å²) in [4.78, 5) is 25.5. The number of aliphatic imine (C=N–C) groups is 1. The standard InChI is InChI=1S/C12H5F6NO4/c13-11(14,15)8(20)7-10(21)22-9(19-7)5-1-3-6(4-2-5)23-12(16,17)18/h1-4,7H. The molecule has 0 bridgehead atoms. The SMILES string of the molecule is O=C1OC(c2ccc(OC(F)(F)F)cc2)=NC1C(=O)C(F)(F)F. The van der Waals surface area contributed by atoms with Crippen LogP contribution in [0, 0.1) is 0 Å². The highest BCUT2D eigenvalue weighted by Crippen LogP contribution is 2.26. The number of hydrogen-bond acceptors (Lipinski definition) is 5. The lowest BCUT2D eigenvalue weighted by Crippen LogP contribution is -2.36. The molecule has 0 spiro atoms. The van der Waals surface area contributed by atoms with Crippen LogP contribution >= 0.6 is 0 Å². The Morgan fingerprint density at radius 3 is 2.13 bits per heavy atom. The van der Waals surface area contributed by atoms with Gasteiger partial charge in [-0.25, -0.2) is 9.79 Å². The van der Waals surface area contributed by atoms with Gasteiger partial charge in [0.1, 0.15) is 5.75 Å². The van der Waals surface area contributed by atoms with Crippen LogP contribution in [-0.4, -0.2) is 36.2 Å². The molecule has 124 valence electrons. The first-order valence-electron chi connectivity index (χ1n) is 5.74. The average molecular weight is 341 g/mol. The zero-order valence-electron chi connectivity index (χ0n) is 10.7. The Hall–Kier alpha value is -2.59. The molecule has 0 aliphatic carbocycles. The zero-order chi connectivity index (χ0) is 17.4. The Bertz CT molecular complexity index is 662. The highest BCUT2D eigenvalue weighted by Gasteiger charge is 2.50. The van der Waals surface area contributed by atoms with Crippen LogP contribution in [-0.2, 0) is 14.3 Å². The number of alkyl halides is 6. The molecule has 0 radical (unpaired) electrons. The van der Waals surface area contributed by atoms with Gasteiger partial charge >= 0.3 is 18.5 Å². The van der Waals surface area contributed by atoms with Crippen LogP contribution in [0.15, 0.2) is 29.3 Å². The maximum atomic E-state index is 12.3. The normalized spacial score (nSPS) is 18.4. The van der Waals surface area contributed by atoms with Gasteiger partial charge in [0.2, 0.25) is 11.9 Å². The van der Waals surface area contributed by atoms with Crippen molar-refractivity contribution >= 4 is 17.7 Å². The number of benzene rings is 1. The van der Waals surface area contributed by atoms with Crippen molar-refractivity contribution in [1.82, 2.24) is 0 Å². The molecule has 1 aliphatic rings. The lowest BCUT2D eigenvalue weighted by atomic mass is 10.2. The maximum absolute atomic E-state index is 12.3. The lowest BCUT2D eigenvalue weighted by Gasteiger charge is -2.08. The van der Waals surface area contributed by atoms with E-state index < -0.39 is 42.0 Å². The van der Waals surface area contributed by atoms with Gasteiger partial charge in [-0.2, -0.15) is 13.2 Å². The molecule has 0 fully saturated rings. The van der Waals surface area contributed by atoms with Crippen LogP contribution < -0.4 is 4.74 Å². The van der Waals surface area contributed by atoms with Gasteiger partial charge in [0.25, 0.3) is 5.78 Å². The highest BCUT2D eigenvalue weighted by molar-refractivity contribution is 6.16.